The number of halogens is 1. The van der Waals surface area contributed by atoms with Crippen LogP contribution in [0.2, 0.25) is 0 Å². The van der Waals surface area contributed by atoms with E-state index in [1.165, 1.54) is 18.4 Å². The van der Waals surface area contributed by atoms with Gasteiger partial charge >= 0.3 is 5.97 Å². The summed E-state index contributed by atoms with van der Waals surface area (Å²) in [7, 11) is 1.46. The maximum absolute atomic E-state index is 11.8. The molecule has 1 aromatic rings. The zero-order chi connectivity index (χ0) is 15.9. The summed E-state index contributed by atoms with van der Waals surface area (Å²) in [6.45, 7) is 3.84. The van der Waals surface area contributed by atoms with E-state index in [1.54, 1.807) is 0 Å². The number of anilines is 1. The number of hydrogen-bond acceptors (Lipinski definition) is 4. The van der Waals surface area contributed by atoms with Crippen molar-refractivity contribution in [1.82, 2.24) is 4.84 Å². The topological polar surface area (TPSA) is 50.4 Å². The lowest BCUT2D eigenvalue weighted by Gasteiger charge is -2.35. The molecular weight excluding hydrogens is 300 g/mol. The fourth-order valence-electron chi connectivity index (χ4n) is 3.37. The van der Waals surface area contributed by atoms with E-state index in [-0.39, 0.29) is 5.97 Å². The Morgan fingerprint density at radius 3 is 3.00 bits per heavy atom. The molecule has 4 nitrogen and oxygen atoms in total. The minimum atomic E-state index is -0.130. The number of para-hydroxylation sites is 1. The van der Waals surface area contributed by atoms with E-state index in [2.05, 4.69) is 35.3 Å². The highest BCUT2D eigenvalue weighted by atomic mass is 35.5. The summed E-state index contributed by atoms with van der Waals surface area (Å²) in [6, 6.07) is 8.39. The number of carbonyl (C=O) groups excluding carboxylic acids is 1. The summed E-state index contributed by atoms with van der Waals surface area (Å²) in [5.74, 6) is 0.995. The van der Waals surface area contributed by atoms with E-state index in [1.807, 2.05) is 6.07 Å². The Hall–Kier alpha value is -1.26. The van der Waals surface area contributed by atoms with E-state index < -0.39 is 0 Å². The van der Waals surface area contributed by atoms with Crippen molar-refractivity contribution in [3.63, 3.8) is 0 Å². The predicted octanol–water partition coefficient (Wildman–Crippen LogP) is 3.22. The van der Waals surface area contributed by atoms with Crippen LogP contribution in [-0.2, 0) is 16.0 Å². The molecule has 0 saturated carbocycles. The van der Waals surface area contributed by atoms with Gasteiger partial charge in [0.05, 0.1) is 7.11 Å². The maximum Gasteiger partial charge on any atom is 0.305 e. The molecular formula is C17H25ClN2O2. The molecule has 0 radical (unpaired) electrons. The van der Waals surface area contributed by atoms with Gasteiger partial charge in [-0.2, -0.15) is 0 Å². The van der Waals surface area contributed by atoms with Crippen molar-refractivity contribution >= 4 is 23.4 Å². The van der Waals surface area contributed by atoms with Gasteiger partial charge in [-0.1, -0.05) is 25.1 Å². The Bertz CT molecular complexity index is 495. The third kappa shape index (κ3) is 4.37. The summed E-state index contributed by atoms with van der Waals surface area (Å²) in [4.78, 5) is 14.5. The second kappa shape index (κ2) is 8.39. The van der Waals surface area contributed by atoms with Gasteiger partial charge < -0.3 is 10.1 Å². The second-order valence-corrected chi connectivity index (χ2v) is 6.36. The van der Waals surface area contributed by atoms with E-state index in [0.29, 0.717) is 24.2 Å². The van der Waals surface area contributed by atoms with Crippen molar-refractivity contribution in [2.45, 2.75) is 26.2 Å². The standard InChI is InChI=1S/C17H25ClN2O2/c1-12(7-8-20-18)15(10-17(21)22-2)14-9-13-5-3-4-6-16(13)19-11-14/h3-6,12,14-15,19-20H,7-11H2,1-2H3. The minimum absolute atomic E-state index is 0.130. The van der Waals surface area contributed by atoms with Gasteiger partial charge in [0.15, 0.2) is 0 Å². The Morgan fingerprint density at radius 2 is 2.27 bits per heavy atom. The van der Waals surface area contributed by atoms with Gasteiger partial charge in [0, 0.05) is 25.2 Å². The summed E-state index contributed by atoms with van der Waals surface area (Å²) in [5.41, 5.74) is 2.54. The van der Waals surface area contributed by atoms with E-state index >= 15 is 0 Å². The van der Waals surface area contributed by atoms with Crippen LogP contribution in [0, 0.1) is 17.8 Å². The molecule has 1 aromatic carbocycles. The number of ether oxygens (including phenoxy) is 1. The number of carbonyl (C=O) groups is 1. The van der Waals surface area contributed by atoms with Crippen LogP contribution < -0.4 is 10.2 Å². The molecule has 122 valence electrons. The molecule has 2 N–H and O–H groups in total. The van der Waals surface area contributed by atoms with Gasteiger partial charge in [-0.15, -0.1) is 0 Å². The normalized spacial score (nSPS) is 19.7. The van der Waals surface area contributed by atoms with Crippen LogP contribution in [-0.4, -0.2) is 26.2 Å². The number of nitrogens with one attached hydrogen (secondary N) is 2. The zero-order valence-electron chi connectivity index (χ0n) is 13.3. The third-order valence-electron chi connectivity index (χ3n) is 4.71. The van der Waals surface area contributed by atoms with Crippen LogP contribution in [0.15, 0.2) is 24.3 Å². The van der Waals surface area contributed by atoms with Crippen LogP contribution in [0.4, 0.5) is 5.69 Å². The van der Waals surface area contributed by atoms with Gasteiger partial charge in [0.25, 0.3) is 0 Å². The fraction of sp³-hybridized carbons (Fsp3) is 0.588. The summed E-state index contributed by atoms with van der Waals surface area (Å²) in [5, 5.41) is 3.50. The average molecular weight is 325 g/mol. The van der Waals surface area contributed by atoms with Crippen molar-refractivity contribution in [3.05, 3.63) is 29.8 Å². The Kier molecular flexibility index (Phi) is 6.52. The molecule has 5 heteroatoms. The molecule has 0 amide bonds. The van der Waals surface area contributed by atoms with Crippen LogP contribution in [0.25, 0.3) is 0 Å². The average Bonchev–Trinajstić information content (AvgIpc) is 2.56. The monoisotopic (exact) mass is 324 g/mol. The fourth-order valence-corrected chi connectivity index (χ4v) is 3.48. The lowest BCUT2D eigenvalue weighted by atomic mass is 9.74. The number of methoxy groups -OCH3 is 1. The zero-order valence-corrected chi connectivity index (χ0v) is 14.0. The Balaban J connectivity index is 2.09. The summed E-state index contributed by atoms with van der Waals surface area (Å²) in [6.07, 6.45) is 2.42. The minimum Gasteiger partial charge on any atom is -0.469 e. The predicted molar refractivity (Wildman–Crippen MR) is 89.9 cm³/mol. The Morgan fingerprint density at radius 1 is 1.50 bits per heavy atom. The van der Waals surface area contributed by atoms with E-state index in [4.69, 9.17) is 16.5 Å². The van der Waals surface area contributed by atoms with Crippen LogP contribution in [0.1, 0.15) is 25.3 Å². The first kappa shape index (κ1) is 17.1. The second-order valence-electron chi connectivity index (χ2n) is 6.10. The highest BCUT2D eigenvalue weighted by Gasteiger charge is 2.31. The molecule has 0 saturated heterocycles. The third-order valence-corrected chi connectivity index (χ3v) is 4.90. The molecule has 3 unspecified atom stereocenters. The molecule has 0 bridgehead atoms. The molecule has 22 heavy (non-hydrogen) atoms. The molecule has 1 aliphatic heterocycles. The summed E-state index contributed by atoms with van der Waals surface area (Å²) < 4.78 is 4.89. The van der Waals surface area contributed by atoms with E-state index in [0.717, 1.165) is 25.9 Å². The highest BCUT2D eigenvalue weighted by molar-refractivity contribution is 6.13. The summed E-state index contributed by atoms with van der Waals surface area (Å²) >= 11 is 5.58. The van der Waals surface area contributed by atoms with Crippen LogP contribution in [0.5, 0.6) is 0 Å². The lowest BCUT2D eigenvalue weighted by molar-refractivity contribution is -0.142. The van der Waals surface area contributed by atoms with Crippen molar-refractivity contribution < 1.29 is 9.53 Å². The van der Waals surface area contributed by atoms with E-state index in [9.17, 15) is 4.79 Å². The highest BCUT2D eigenvalue weighted by Crippen LogP contribution is 2.34. The number of benzene rings is 1. The van der Waals surface area contributed by atoms with Crippen LogP contribution in [0.3, 0.4) is 0 Å². The number of esters is 1. The van der Waals surface area contributed by atoms with Crippen molar-refractivity contribution in [2.75, 3.05) is 25.5 Å². The molecule has 1 aliphatic rings. The van der Waals surface area contributed by atoms with Gasteiger partial charge in [-0.3, -0.25) is 4.79 Å². The smallest absolute Gasteiger partial charge is 0.305 e. The maximum atomic E-state index is 11.8. The van der Waals surface area contributed by atoms with Crippen LogP contribution >= 0.6 is 11.8 Å². The number of hydrogen-bond donors (Lipinski definition) is 2. The Labute approximate surface area is 137 Å². The molecule has 0 fully saturated rings. The van der Waals surface area contributed by atoms with Gasteiger partial charge in [0.2, 0.25) is 0 Å². The first-order chi connectivity index (χ1) is 10.7. The molecule has 2 rings (SSSR count). The van der Waals surface area contributed by atoms with Crippen molar-refractivity contribution in [3.8, 4) is 0 Å². The van der Waals surface area contributed by atoms with Crippen molar-refractivity contribution in [1.29, 1.82) is 0 Å². The molecule has 1 heterocycles. The first-order valence-electron chi connectivity index (χ1n) is 7.87. The molecule has 3 atom stereocenters. The number of rotatable bonds is 7. The number of fused-ring (bicyclic) bond motifs is 1. The van der Waals surface area contributed by atoms with Gasteiger partial charge in [-0.25, -0.2) is 4.84 Å². The first-order valence-corrected chi connectivity index (χ1v) is 8.25. The lowest BCUT2D eigenvalue weighted by Crippen LogP contribution is -2.35. The molecule has 0 spiro atoms. The molecule has 0 aliphatic carbocycles. The van der Waals surface area contributed by atoms with Crippen molar-refractivity contribution in [2.24, 2.45) is 17.8 Å². The van der Waals surface area contributed by atoms with Gasteiger partial charge in [-0.05, 0) is 54.0 Å². The SMILES string of the molecule is COC(=O)CC(C(C)CCNCl)C1CNc2ccccc2C1. The molecule has 0 aromatic heterocycles. The van der Waals surface area contributed by atoms with Gasteiger partial charge in [0.1, 0.15) is 0 Å². The largest absolute Gasteiger partial charge is 0.469 e. The quantitative estimate of drug-likeness (QED) is 0.597.